The number of ether oxygens (including phenoxy) is 4. The molecule has 286 valence electrons. The normalized spacial score (nSPS) is 12.6. The van der Waals surface area contributed by atoms with Crippen LogP contribution >= 0.6 is 11.3 Å². The van der Waals surface area contributed by atoms with Crippen LogP contribution in [0.25, 0.3) is 10.2 Å². The molecule has 5 rings (SSSR count). The fraction of sp³-hybridized carbons (Fsp3) is 0.294. The van der Waals surface area contributed by atoms with Gasteiger partial charge in [0.2, 0.25) is 10.2 Å². The molecule has 0 aliphatic rings. The van der Waals surface area contributed by atoms with Crippen LogP contribution in [0, 0.1) is 6.92 Å². The Kier molecular flexibility index (Phi) is 13.3. The van der Waals surface area contributed by atoms with Gasteiger partial charge >= 0.3 is 11.9 Å². The first-order valence-corrected chi connectivity index (χ1v) is 19.5. The molecule has 0 radical (unpaired) electrons. The Morgan fingerprint density at radius 2 is 1.69 bits per heavy atom. The van der Waals surface area contributed by atoms with E-state index in [4.69, 9.17) is 23.1 Å². The molecule has 1 N–H and O–H groups in total. The van der Waals surface area contributed by atoms with Crippen molar-refractivity contribution in [2.75, 3.05) is 20.3 Å². The number of hydrogen-bond acceptors (Lipinski definition) is 16. The van der Waals surface area contributed by atoms with Crippen LogP contribution in [0.3, 0.4) is 0 Å². The summed E-state index contributed by atoms with van der Waals surface area (Å²) in [6.45, 7) is 2.08. The number of carbonyl (C=O) groups excluding carboxylic acids is 3. The van der Waals surface area contributed by atoms with E-state index in [0.717, 1.165) is 16.9 Å². The molecule has 0 spiro atoms. The van der Waals surface area contributed by atoms with Gasteiger partial charge in [-0.3, -0.25) is 13.8 Å². The van der Waals surface area contributed by atoms with E-state index >= 15 is 0 Å². The molecule has 0 saturated carbocycles. The van der Waals surface area contributed by atoms with Crippen LogP contribution in [-0.2, 0) is 68.4 Å². The lowest BCUT2D eigenvalue weighted by Gasteiger charge is -2.18. The van der Waals surface area contributed by atoms with Crippen molar-refractivity contribution in [3.05, 3.63) is 89.7 Å². The summed E-state index contributed by atoms with van der Waals surface area (Å²) in [4.78, 5) is 41.1. The van der Waals surface area contributed by atoms with Crippen molar-refractivity contribution in [1.82, 2.24) is 25.3 Å². The Morgan fingerprint density at radius 3 is 2.37 bits per heavy atom. The Bertz CT molecular complexity index is 2280. The van der Waals surface area contributed by atoms with E-state index in [0.29, 0.717) is 33.0 Å². The third kappa shape index (κ3) is 11.3. The number of rotatable bonds is 18. The average Bonchev–Trinajstić information content (AvgIpc) is 3.78. The summed E-state index contributed by atoms with van der Waals surface area (Å²) in [5, 5.41) is 10.6. The Morgan fingerprint density at radius 1 is 0.963 bits per heavy atom. The van der Waals surface area contributed by atoms with Crippen molar-refractivity contribution in [3.8, 4) is 11.5 Å². The van der Waals surface area contributed by atoms with Gasteiger partial charge in [-0.2, -0.15) is 8.42 Å². The average molecular weight is 802 g/mol. The van der Waals surface area contributed by atoms with Gasteiger partial charge in [-0.1, -0.05) is 35.0 Å². The number of thiol groups is 1. The minimum absolute atomic E-state index is 0.0130. The van der Waals surface area contributed by atoms with Crippen molar-refractivity contribution >= 4 is 60.2 Å². The lowest BCUT2D eigenvalue weighted by Crippen LogP contribution is -2.44. The third-order valence-electron chi connectivity index (χ3n) is 7.45. The lowest BCUT2D eigenvalue weighted by atomic mass is 10.1. The molecule has 0 aliphatic heterocycles. The van der Waals surface area contributed by atoms with Gasteiger partial charge in [0.25, 0.3) is 10.1 Å². The molecule has 2 atom stereocenters. The summed E-state index contributed by atoms with van der Waals surface area (Å²) >= 11 is 1.03. The van der Waals surface area contributed by atoms with Gasteiger partial charge in [-0.25, -0.2) is 22.9 Å². The molecule has 1 amide bonds. The molecule has 5 aromatic rings. The van der Waals surface area contributed by atoms with Crippen LogP contribution in [-0.4, -0.2) is 87.1 Å². The van der Waals surface area contributed by atoms with E-state index in [1.807, 2.05) is 6.92 Å². The zero-order chi connectivity index (χ0) is 38.8. The molecule has 54 heavy (non-hydrogen) atoms. The van der Waals surface area contributed by atoms with Crippen molar-refractivity contribution < 1.29 is 54.3 Å². The second-order valence-corrected chi connectivity index (χ2v) is 15.6. The van der Waals surface area contributed by atoms with Crippen LogP contribution in [0.1, 0.15) is 23.7 Å². The number of aryl methyl sites for hydroxylation is 1. The van der Waals surface area contributed by atoms with Crippen LogP contribution in [0.5, 0.6) is 11.5 Å². The highest BCUT2D eigenvalue weighted by Crippen LogP contribution is 2.27. The molecule has 2 aromatic heterocycles. The van der Waals surface area contributed by atoms with E-state index in [1.54, 1.807) is 54.6 Å². The number of amides is 1. The zero-order valence-corrected chi connectivity index (χ0v) is 31.6. The zero-order valence-electron chi connectivity index (χ0n) is 29.1. The minimum atomic E-state index is -4.10. The van der Waals surface area contributed by atoms with Crippen molar-refractivity contribution in [2.45, 2.75) is 54.8 Å². The van der Waals surface area contributed by atoms with Crippen LogP contribution < -0.4 is 14.8 Å². The molecule has 17 nitrogen and oxygen atoms in total. The molecule has 1 unspecified atom stereocenters. The number of benzene rings is 3. The molecular formula is C34H35N5O12S3. The van der Waals surface area contributed by atoms with Crippen molar-refractivity contribution in [1.29, 1.82) is 0 Å². The molecule has 0 fully saturated rings. The maximum atomic E-state index is 12.9. The highest BCUT2D eigenvalue weighted by atomic mass is 32.2. The van der Waals surface area contributed by atoms with Gasteiger partial charge in [0, 0.05) is 13.3 Å². The van der Waals surface area contributed by atoms with E-state index in [-0.39, 0.29) is 35.4 Å². The number of carbonyl (C=O) groups is 3. The summed E-state index contributed by atoms with van der Waals surface area (Å²) in [7, 11) is -5.69. The Labute approximate surface area is 315 Å². The number of nitrogens with zero attached hydrogens (tertiary/aromatic N) is 4. The predicted octanol–water partition coefficient (Wildman–Crippen LogP) is 2.36. The largest absolute Gasteiger partial charge is 0.490 e. The maximum absolute atomic E-state index is 12.9. The summed E-state index contributed by atoms with van der Waals surface area (Å²) in [5.74, 6) is -1.03. The van der Waals surface area contributed by atoms with Crippen molar-refractivity contribution in [3.63, 3.8) is 0 Å². The molecule has 2 heterocycles. The number of aromatic nitrogens is 4. The smallest absolute Gasteiger partial charge is 0.328 e. The van der Waals surface area contributed by atoms with Gasteiger partial charge in [0.05, 0.1) is 28.4 Å². The summed E-state index contributed by atoms with van der Waals surface area (Å²) in [6, 6.07) is 16.6. The topological polar surface area (TPSA) is 221 Å². The Hall–Kier alpha value is -5.44. The first-order chi connectivity index (χ1) is 25.8. The van der Waals surface area contributed by atoms with E-state index in [1.165, 1.54) is 37.0 Å². The second-order valence-electron chi connectivity index (χ2n) is 11.7. The summed E-state index contributed by atoms with van der Waals surface area (Å²) in [6.07, 6.45) is 0.550. The van der Waals surface area contributed by atoms with Crippen molar-refractivity contribution in [2.24, 2.45) is 0 Å². The summed E-state index contributed by atoms with van der Waals surface area (Å²) < 4.78 is 76.3. The monoisotopic (exact) mass is 801 g/mol. The maximum Gasteiger partial charge on any atom is 0.328 e. The highest BCUT2D eigenvalue weighted by Gasteiger charge is 2.24. The number of thiazole rings is 1. The third-order valence-corrected chi connectivity index (χ3v) is 10.7. The fourth-order valence-corrected chi connectivity index (χ4v) is 7.31. The van der Waals surface area contributed by atoms with Gasteiger partial charge in [0.1, 0.15) is 49.6 Å². The molecular weight excluding hydrogens is 767 g/mol. The molecule has 3 aromatic carbocycles. The number of hydrogen-bond donors (Lipinski definition) is 2. The van der Waals surface area contributed by atoms with Gasteiger partial charge < -0.3 is 24.3 Å². The standard InChI is InChI=1S/C34H35N5O12S3/c1-21-4-11-28(12-5-21)54(45,46)50-20-27(51-22(2)40)19-49-25-8-6-23(7-9-25)14-30(33(42)47-3)35-32(41)17-39-16-24(37-38-39)18-48-26-10-13-29-31(15-26)52-34(36-29)53(43)44/h4-13,15-16,27,30,53H,14,17-20H2,1-3H3,(H,35,41)/t27?,30-/m0/s1. The molecule has 0 bridgehead atoms. The molecule has 0 saturated heterocycles. The van der Waals surface area contributed by atoms with E-state index < -0.39 is 57.4 Å². The number of methoxy groups -OCH3 is 1. The van der Waals surface area contributed by atoms with E-state index in [9.17, 15) is 31.2 Å². The second kappa shape index (κ2) is 18.1. The van der Waals surface area contributed by atoms with Crippen LogP contribution in [0.2, 0.25) is 0 Å². The van der Waals surface area contributed by atoms with Crippen LogP contribution in [0.4, 0.5) is 0 Å². The first-order valence-electron chi connectivity index (χ1n) is 16.1. The number of esters is 2. The number of fused-ring (bicyclic) bond motifs is 1. The highest BCUT2D eigenvalue weighted by molar-refractivity contribution is 7.86. The fourth-order valence-electron chi connectivity index (χ4n) is 4.86. The molecule has 0 aliphatic carbocycles. The van der Waals surface area contributed by atoms with E-state index in [2.05, 4.69) is 20.6 Å². The first kappa shape index (κ1) is 39.8. The SMILES string of the molecule is COC(=O)[C@H](Cc1ccc(OCC(COS(=O)(=O)c2ccc(C)cc2)OC(C)=O)cc1)NC(=O)Cn1cc(COc2ccc3nc([SH](=O)=O)sc3c2)nn1. The Balaban J connectivity index is 1.11. The summed E-state index contributed by atoms with van der Waals surface area (Å²) in [5.41, 5.74) is 2.48. The van der Waals surface area contributed by atoms with Gasteiger partial charge in [-0.05, 0) is 55.0 Å². The van der Waals surface area contributed by atoms with Gasteiger partial charge in [0.15, 0.2) is 16.8 Å². The lowest BCUT2D eigenvalue weighted by molar-refractivity contribution is -0.149. The van der Waals surface area contributed by atoms with Crippen LogP contribution in [0.15, 0.2) is 82.2 Å². The minimum Gasteiger partial charge on any atom is -0.490 e. The number of nitrogens with one attached hydrogen (secondary N) is 1. The predicted molar refractivity (Wildman–Crippen MR) is 192 cm³/mol. The van der Waals surface area contributed by atoms with Gasteiger partial charge in [-0.15, -0.1) is 16.4 Å². The quantitative estimate of drug-likeness (QED) is 0.0738. The molecule has 20 heteroatoms.